The van der Waals surface area contributed by atoms with E-state index in [1.165, 1.54) is 0 Å². The van der Waals surface area contributed by atoms with Gasteiger partial charge in [0.15, 0.2) is 0 Å². The highest BCUT2D eigenvalue weighted by Crippen LogP contribution is 2.20. The highest BCUT2D eigenvalue weighted by Gasteiger charge is 2.04. The van der Waals surface area contributed by atoms with Gasteiger partial charge in [0.1, 0.15) is 0 Å². The number of nitrogens with zero attached hydrogens (tertiary/aromatic N) is 2. The molecule has 0 heterocycles. The Morgan fingerprint density at radius 1 is 1.47 bits per heavy atom. The molecule has 0 radical (unpaired) electrons. The fourth-order valence-electron chi connectivity index (χ4n) is 1.69. The van der Waals surface area contributed by atoms with Crippen molar-refractivity contribution in [3.05, 3.63) is 23.8 Å². The van der Waals surface area contributed by atoms with Gasteiger partial charge in [-0.2, -0.15) is 5.26 Å². The highest BCUT2D eigenvalue weighted by atomic mass is 15.1. The summed E-state index contributed by atoms with van der Waals surface area (Å²) in [4.78, 5) is 2.18. The number of nitrogen functional groups attached to an aromatic ring is 1. The molecule has 92 valence electrons. The number of hydrogen-bond acceptors (Lipinski definition) is 4. The molecule has 17 heavy (non-hydrogen) atoms. The van der Waals surface area contributed by atoms with Gasteiger partial charge in [0.25, 0.3) is 0 Å². The first-order valence-electron chi connectivity index (χ1n) is 5.80. The Hall–Kier alpha value is -1.73. The SMILES string of the molecule is CNCCCN(C)c1ccc(N)c(CC#N)c1. The van der Waals surface area contributed by atoms with Gasteiger partial charge in [0.2, 0.25) is 0 Å². The maximum atomic E-state index is 8.72. The largest absolute Gasteiger partial charge is 0.398 e. The third-order valence-corrected chi connectivity index (χ3v) is 2.76. The molecule has 0 aromatic heterocycles. The van der Waals surface area contributed by atoms with Crippen molar-refractivity contribution in [2.45, 2.75) is 12.8 Å². The van der Waals surface area contributed by atoms with Crippen molar-refractivity contribution in [2.75, 3.05) is 37.8 Å². The molecule has 0 amide bonds. The van der Waals surface area contributed by atoms with E-state index in [-0.39, 0.29) is 0 Å². The fraction of sp³-hybridized carbons (Fsp3) is 0.462. The molecule has 1 rings (SSSR count). The second kappa shape index (κ2) is 6.77. The molecule has 0 saturated carbocycles. The van der Waals surface area contributed by atoms with Crippen LogP contribution in [0.25, 0.3) is 0 Å². The van der Waals surface area contributed by atoms with Crippen molar-refractivity contribution >= 4 is 11.4 Å². The zero-order valence-electron chi connectivity index (χ0n) is 10.5. The van der Waals surface area contributed by atoms with Crippen molar-refractivity contribution in [3.63, 3.8) is 0 Å². The first-order chi connectivity index (χ1) is 8.19. The Kier molecular flexibility index (Phi) is 5.31. The molecule has 0 atom stereocenters. The van der Waals surface area contributed by atoms with E-state index < -0.39 is 0 Å². The Balaban J connectivity index is 2.70. The molecule has 1 aromatic carbocycles. The van der Waals surface area contributed by atoms with Gasteiger partial charge in [-0.05, 0) is 43.8 Å². The van der Waals surface area contributed by atoms with Crippen molar-refractivity contribution < 1.29 is 0 Å². The minimum Gasteiger partial charge on any atom is -0.398 e. The molecule has 1 aromatic rings. The minimum atomic E-state index is 0.365. The average Bonchev–Trinajstić information content (AvgIpc) is 2.32. The summed E-state index contributed by atoms with van der Waals surface area (Å²) in [5.41, 5.74) is 8.53. The molecule has 4 nitrogen and oxygen atoms in total. The van der Waals surface area contributed by atoms with Gasteiger partial charge in [-0.1, -0.05) is 0 Å². The van der Waals surface area contributed by atoms with E-state index in [0.29, 0.717) is 12.1 Å². The number of nitrogens with one attached hydrogen (secondary N) is 1. The Labute approximate surface area is 103 Å². The van der Waals surface area contributed by atoms with Gasteiger partial charge in [-0.3, -0.25) is 0 Å². The number of nitrogens with two attached hydrogens (primary N) is 1. The van der Waals surface area contributed by atoms with E-state index in [4.69, 9.17) is 11.0 Å². The maximum absolute atomic E-state index is 8.72. The van der Waals surface area contributed by atoms with Crippen LogP contribution in [0.4, 0.5) is 11.4 Å². The quantitative estimate of drug-likeness (QED) is 0.574. The van der Waals surface area contributed by atoms with Crippen LogP contribution in [-0.4, -0.2) is 27.2 Å². The Morgan fingerprint density at radius 3 is 2.88 bits per heavy atom. The van der Waals surface area contributed by atoms with E-state index in [1.54, 1.807) is 0 Å². The van der Waals surface area contributed by atoms with Crippen molar-refractivity contribution in [3.8, 4) is 6.07 Å². The number of hydrogen-bond donors (Lipinski definition) is 2. The number of rotatable bonds is 6. The van der Waals surface area contributed by atoms with Crippen LogP contribution >= 0.6 is 0 Å². The van der Waals surface area contributed by atoms with Gasteiger partial charge in [-0.25, -0.2) is 0 Å². The van der Waals surface area contributed by atoms with Crippen molar-refractivity contribution in [2.24, 2.45) is 0 Å². The smallest absolute Gasteiger partial charge is 0.0670 e. The van der Waals surface area contributed by atoms with Crippen LogP contribution in [0.3, 0.4) is 0 Å². The average molecular weight is 232 g/mol. The molecule has 3 N–H and O–H groups in total. The van der Waals surface area contributed by atoms with E-state index in [1.807, 2.05) is 25.2 Å². The fourth-order valence-corrected chi connectivity index (χ4v) is 1.69. The van der Waals surface area contributed by atoms with Gasteiger partial charge in [0, 0.05) is 25.0 Å². The van der Waals surface area contributed by atoms with E-state index in [9.17, 15) is 0 Å². The molecular formula is C13H20N4. The molecule has 0 spiro atoms. The van der Waals surface area contributed by atoms with Crippen LogP contribution in [0, 0.1) is 11.3 Å². The molecule has 0 bridgehead atoms. The molecule has 0 saturated heterocycles. The van der Waals surface area contributed by atoms with Gasteiger partial charge < -0.3 is 16.0 Å². The summed E-state index contributed by atoms with van der Waals surface area (Å²) in [6.07, 6.45) is 1.45. The zero-order valence-corrected chi connectivity index (χ0v) is 10.5. The summed E-state index contributed by atoms with van der Waals surface area (Å²) < 4.78 is 0. The van der Waals surface area contributed by atoms with Crippen molar-refractivity contribution in [1.29, 1.82) is 5.26 Å². The summed E-state index contributed by atoms with van der Waals surface area (Å²) in [5, 5.41) is 11.8. The highest BCUT2D eigenvalue weighted by molar-refractivity contribution is 5.58. The maximum Gasteiger partial charge on any atom is 0.0670 e. The zero-order chi connectivity index (χ0) is 12.7. The van der Waals surface area contributed by atoms with Crippen LogP contribution < -0.4 is 16.0 Å². The second-order valence-electron chi connectivity index (χ2n) is 4.10. The molecular weight excluding hydrogens is 212 g/mol. The third kappa shape index (κ3) is 3.97. The normalized spacial score (nSPS) is 9.94. The summed E-state index contributed by atoms with van der Waals surface area (Å²) in [6, 6.07) is 8.00. The topological polar surface area (TPSA) is 65.1 Å². The summed E-state index contributed by atoms with van der Waals surface area (Å²) in [5.74, 6) is 0. The molecule has 0 fully saturated rings. The van der Waals surface area contributed by atoms with Gasteiger partial charge in [-0.15, -0.1) is 0 Å². The lowest BCUT2D eigenvalue weighted by molar-refractivity contribution is 0.713. The monoisotopic (exact) mass is 232 g/mol. The second-order valence-corrected chi connectivity index (χ2v) is 4.10. The minimum absolute atomic E-state index is 0.365. The first-order valence-corrected chi connectivity index (χ1v) is 5.80. The number of benzene rings is 1. The molecule has 4 heteroatoms. The summed E-state index contributed by atoms with van der Waals surface area (Å²) >= 11 is 0. The van der Waals surface area contributed by atoms with E-state index in [2.05, 4.69) is 23.3 Å². The van der Waals surface area contributed by atoms with Crippen LogP contribution in [0.5, 0.6) is 0 Å². The van der Waals surface area contributed by atoms with Gasteiger partial charge in [0.05, 0.1) is 12.5 Å². The van der Waals surface area contributed by atoms with Crippen molar-refractivity contribution in [1.82, 2.24) is 5.32 Å². The predicted molar refractivity (Wildman–Crippen MR) is 72.0 cm³/mol. The van der Waals surface area contributed by atoms with E-state index >= 15 is 0 Å². The van der Waals surface area contributed by atoms with E-state index in [0.717, 1.165) is 30.8 Å². The Bertz CT molecular complexity index is 395. The predicted octanol–water partition coefficient (Wildman–Crippen LogP) is 1.38. The third-order valence-electron chi connectivity index (χ3n) is 2.76. The lowest BCUT2D eigenvalue weighted by atomic mass is 10.1. The lowest BCUT2D eigenvalue weighted by Crippen LogP contribution is -2.22. The van der Waals surface area contributed by atoms with Crippen LogP contribution in [-0.2, 0) is 6.42 Å². The molecule has 0 aliphatic rings. The lowest BCUT2D eigenvalue weighted by Gasteiger charge is -2.20. The van der Waals surface area contributed by atoms with Gasteiger partial charge >= 0.3 is 0 Å². The first kappa shape index (κ1) is 13.3. The van der Waals surface area contributed by atoms with Crippen LogP contribution in [0.1, 0.15) is 12.0 Å². The van der Waals surface area contributed by atoms with Crippen LogP contribution in [0.2, 0.25) is 0 Å². The molecule has 0 unspecified atom stereocenters. The summed E-state index contributed by atoms with van der Waals surface area (Å²) in [6.45, 7) is 1.99. The number of nitriles is 1. The standard InChI is InChI=1S/C13H20N4/c1-16-8-3-9-17(2)12-4-5-13(15)11(10-12)6-7-14/h4-5,10,16H,3,6,8-9,15H2,1-2H3. The molecule has 0 aliphatic carbocycles. The summed E-state index contributed by atoms with van der Waals surface area (Å²) in [7, 11) is 4.01. The Morgan fingerprint density at radius 2 is 2.24 bits per heavy atom. The molecule has 0 aliphatic heterocycles. The number of anilines is 2. The van der Waals surface area contributed by atoms with Crippen LogP contribution in [0.15, 0.2) is 18.2 Å².